The molecular weight excluding hydrogens is 294 g/mol. The van der Waals surface area contributed by atoms with Gasteiger partial charge >= 0.3 is 0 Å². The van der Waals surface area contributed by atoms with Gasteiger partial charge in [-0.2, -0.15) is 0 Å². The van der Waals surface area contributed by atoms with Gasteiger partial charge in [0.05, 0.1) is 19.1 Å². The molecule has 0 saturated heterocycles. The Morgan fingerprint density at radius 3 is 2.35 bits per heavy atom. The molecule has 1 aliphatic carbocycles. The zero-order valence-corrected chi connectivity index (χ0v) is 13.5. The molecule has 0 bridgehead atoms. The van der Waals surface area contributed by atoms with Gasteiger partial charge in [0.15, 0.2) is 0 Å². The Balaban J connectivity index is 1.86. The first kappa shape index (κ1) is 17.0. The van der Waals surface area contributed by atoms with Gasteiger partial charge in [-0.15, -0.1) is 0 Å². The minimum Gasteiger partial charge on any atom is -0.347 e. The Hall–Kier alpha value is -2.37. The smallest absolute Gasteiger partial charge is 0.239 e. The predicted octanol–water partition coefficient (Wildman–Crippen LogP) is 0.815. The van der Waals surface area contributed by atoms with Gasteiger partial charge in [0.1, 0.15) is 0 Å². The summed E-state index contributed by atoms with van der Waals surface area (Å²) in [6.07, 6.45) is 2.21. The maximum atomic E-state index is 12.1. The fourth-order valence-corrected chi connectivity index (χ4v) is 2.49. The molecule has 1 aromatic carbocycles. The largest absolute Gasteiger partial charge is 0.347 e. The standard InChI is InChI=1S/C17H23N3O3/c1-11-5-3-4-6-14(11)17(13-7-8-13)20-16(23)10-19-15(22)9-18-12(2)21/h3-6,13,17H,7-10H2,1-2H3,(H,18,21)(H,19,22)(H,20,23)/t17-/m1/s1. The van der Waals surface area contributed by atoms with Crippen LogP contribution in [0, 0.1) is 12.8 Å². The molecule has 1 saturated carbocycles. The number of rotatable bonds is 7. The summed E-state index contributed by atoms with van der Waals surface area (Å²) in [5, 5.41) is 7.91. The summed E-state index contributed by atoms with van der Waals surface area (Å²) in [4.78, 5) is 34.3. The number of hydrogen-bond acceptors (Lipinski definition) is 3. The number of aryl methyl sites for hydroxylation is 1. The van der Waals surface area contributed by atoms with Crippen molar-refractivity contribution in [2.45, 2.75) is 32.7 Å². The van der Waals surface area contributed by atoms with Crippen LogP contribution >= 0.6 is 0 Å². The lowest BCUT2D eigenvalue weighted by Crippen LogP contribution is -2.42. The summed E-state index contributed by atoms with van der Waals surface area (Å²) in [7, 11) is 0. The molecule has 0 unspecified atom stereocenters. The fourth-order valence-electron chi connectivity index (χ4n) is 2.49. The highest BCUT2D eigenvalue weighted by Gasteiger charge is 2.34. The molecule has 1 aromatic rings. The van der Waals surface area contributed by atoms with E-state index in [2.05, 4.69) is 16.0 Å². The monoisotopic (exact) mass is 317 g/mol. The lowest BCUT2D eigenvalue weighted by Gasteiger charge is -2.21. The molecule has 1 aliphatic rings. The van der Waals surface area contributed by atoms with Crippen LogP contribution in [0.4, 0.5) is 0 Å². The van der Waals surface area contributed by atoms with Crippen LogP contribution in [0.25, 0.3) is 0 Å². The average Bonchev–Trinajstić information content (AvgIpc) is 3.34. The molecule has 0 radical (unpaired) electrons. The highest BCUT2D eigenvalue weighted by atomic mass is 16.2. The van der Waals surface area contributed by atoms with Crippen molar-refractivity contribution >= 4 is 17.7 Å². The van der Waals surface area contributed by atoms with Gasteiger partial charge in [0, 0.05) is 6.92 Å². The van der Waals surface area contributed by atoms with Gasteiger partial charge < -0.3 is 16.0 Å². The molecule has 6 nitrogen and oxygen atoms in total. The third-order valence-electron chi connectivity index (χ3n) is 3.88. The number of benzene rings is 1. The number of amides is 3. The third kappa shape index (κ3) is 5.39. The van der Waals surface area contributed by atoms with Crippen molar-refractivity contribution < 1.29 is 14.4 Å². The van der Waals surface area contributed by atoms with Gasteiger partial charge in [0.2, 0.25) is 17.7 Å². The summed E-state index contributed by atoms with van der Waals surface area (Å²) in [6.45, 7) is 3.16. The van der Waals surface area contributed by atoms with Crippen molar-refractivity contribution in [1.29, 1.82) is 0 Å². The first-order valence-corrected chi connectivity index (χ1v) is 7.83. The van der Waals surface area contributed by atoms with Crippen LogP contribution in [0.15, 0.2) is 24.3 Å². The second-order valence-corrected chi connectivity index (χ2v) is 5.93. The van der Waals surface area contributed by atoms with Crippen LogP contribution in [0.1, 0.15) is 36.9 Å². The molecule has 124 valence electrons. The van der Waals surface area contributed by atoms with E-state index in [9.17, 15) is 14.4 Å². The highest BCUT2D eigenvalue weighted by molar-refractivity contribution is 5.87. The molecule has 6 heteroatoms. The second kappa shape index (κ2) is 7.76. The topological polar surface area (TPSA) is 87.3 Å². The predicted molar refractivity (Wildman–Crippen MR) is 86.5 cm³/mol. The maximum absolute atomic E-state index is 12.1. The van der Waals surface area contributed by atoms with E-state index in [4.69, 9.17) is 0 Å². The summed E-state index contributed by atoms with van der Waals surface area (Å²) in [6, 6.07) is 8.02. The van der Waals surface area contributed by atoms with Gasteiger partial charge in [0.25, 0.3) is 0 Å². The van der Waals surface area contributed by atoms with Gasteiger partial charge in [-0.25, -0.2) is 0 Å². The molecule has 2 rings (SSSR count). The molecule has 0 heterocycles. The van der Waals surface area contributed by atoms with E-state index in [1.165, 1.54) is 6.92 Å². The van der Waals surface area contributed by atoms with E-state index in [1.807, 2.05) is 31.2 Å². The Morgan fingerprint density at radius 2 is 1.74 bits per heavy atom. The summed E-state index contributed by atoms with van der Waals surface area (Å²) < 4.78 is 0. The molecule has 0 aliphatic heterocycles. The van der Waals surface area contributed by atoms with Crippen LogP contribution in [0.5, 0.6) is 0 Å². The van der Waals surface area contributed by atoms with E-state index in [0.29, 0.717) is 5.92 Å². The fraction of sp³-hybridized carbons (Fsp3) is 0.471. The molecule has 0 aromatic heterocycles. The van der Waals surface area contributed by atoms with Crippen LogP contribution in [0.3, 0.4) is 0 Å². The number of nitrogens with one attached hydrogen (secondary N) is 3. The van der Waals surface area contributed by atoms with E-state index >= 15 is 0 Å². The van der Waals surface area contributed by atoms with E-state index in [0.717, 1.165) is 24.0 Å². The first-order valence-electron chi connectivity index (χ1n) is 7.83. The van der Waals surface area contributed by atoms with Crippen LogP contribution in [-0.2, 0) is 14.4 Å². The molecule has 1 atom stereocenters. The Bertz CT molecular complexity index is 597. The molecule has 3 N–H and O–H groups in total. The summed E-state index contributed by atoms with van der Waals surface area (Å²) in [5.74, 6) is -0.413. The normalized spacial score (nSPS) is 14.7. The van der Waals surface area contributed by atoms with Gasteiger partial charge in [-0.3, -0.25) is 14.4 Å². The Labute approximate surface area is 136 Å². The second-order valence-electron chi connectivity index (χ2n) is 5.93. The van der Waals surface area contributed by atoms with E-state index in [1.54, 1.807) is 0 Å². The van der Waals surface area contributed by atoms with Gasteiger partial charge in [-0.1, -0.05) is 24.3 Å². The first-order chi connectivity index (χ1) is 11.0. The SMILES string of the molecule is CC(=O)NCC(=O)NCC(=O)N[C@@H](c1ccccc1C)C1CC1. The maximum Gasteiger partial charge on any atom is 0.239 e. The Morgan fingerprint density at radius 1 is 1.09 bits per heavy atom. The minimum absolute atomic E-state index is 0.00375. The quantitative estimate of drug-likeness (QED) is 0.695. The van der Waals surface area contributed by atoms with Crippen molar-refractivity contribution in [2.75, 3.05) is 13.1 Å². The summed E-state index contributed by atoms with van der Waals surface area (Å²) >= 11 is 0. The number of carbonyl (C=O) groups is 3. The van der Waals surface area contributed by atoms with Gasteiger partial charge in [-0.05, 0) is 36.8 Å². The highest BCUT2D eigenvalue weighted by Crippen LogP contribution is 2.41. The van der Waals surface area contributed by atoms with Crippen molar-refractivity contribution in [3.63, 3.8) is 0 Å². The molecule has 23 heavy (non-hydrogen) atoms. The van der Waals surface area contributed by atoms with Crippen molar-refractivity contribution in [3.8, 4) is 0 Å². The molecule has 0 spiro atoms. The lowest BCUT2D eigenvalue weighted by molar-refractivity contribution is -0.127. The lowest BCUT2D eigenvalue weighted by atomic mass is 9.97. The van der Waals surface area contributed by atoms with Crippen molar-refractivity contribution in [1.82, 2.24) is 16.0 Å². The van der Waals surface area contributed by atoms with E-state index < -0.39 is 0 Å². The third-order valence-corrected chi connectivity index (χ3v) is 3.88. The van der Waals surface area contributed by atoms with Crippen LogP contribution < -0.4 is 16.0 Å². The molecular formula is C17H23N3O3. The number of hydrogen-bond donors (Lipinski definition) is 3. The zero-order valence-electron chi connectivity index (χ0n) is 13.5. The van der Waals surface area contributed by atoms with Crippen molar-refractivity contribution in [2.24, 2.45) is 5.92 Å². The van der Waals surface area contributed by atoms with Crippen LogP contribution in [0.2, 0.25) is 0 Å². The average molecular weight is 317 g/mol. The van der Waals surface area contributed by atoms with E-state index in [-0.39, 0.29) is 36.9 Å². The van der Waals surface area contributed by atoms with Crippen LogP contribution in [-0.4, -0.2) is 30.8 Å². The number of carbonyl (C=O) groups excluding carboxylic acids is 3. The minimum atomic E-state index is -0.380. The molecule has 1 fully saturated rings. The molecule has 3 amide bonds. The van der Waals surface area contributed by atoms with Crippen molar-refractivity contribution in [3.05, 3.63) is 35.4 Å². The Kier molecular flexibility index (Phi) is 5.73. The zero-order chi connectivity index (χ0) is 16.8. The summed E-state index contributed by atoms with van der Waals surface area (Å²) in [5.41, 5.74) is 2.28.